The van der Waals surface area contributed by atoms with Gasteiger partial charge in [-0.3, -0.25) is 0 Å². The molecule has 0 spiro atoms. The predicted molar refractivity (Wildman–Crippen MR) is 60.9 cm³/mol. The minimum absolute atomic E-state index is 0.307. The minimum atomic E-state index is 0.307. The van der Waals surface area contributed by atoms with Gasteiger partial charge in [0, 0.05) is 0 Å². The average Bonchev–Trinajstić information content (AvgIpc) is 2.01. The maximum absolute atomic E-state index is 5.42. The molecule has 0 radical (unpaired) electrons. The molecule has 1 heteroatoms. The summed E-state index contributed by atoms with van der Waals surface area (Å²) in [5.41, 5.74) is 2.83. The van der Waals surface area contributed by atoms with E-state index in [4.69, 9.17) is 4.74 Å². The van der Waals surface area contributed by atoms with Crippen LogP contribution in [0.4, 0.5) is 0 Å². The molecule has 78 valence electrons. The lowest BCUT2D eigenvalue weighted by Gasteiger charge is -2.20. The van der Waals surface area contributed by atoms with Crippen LogP contribution in [0.3, 0.4) is 0 Å². The van der Waals surface area contributed by atoms with Gasteiger partial charge in [-0.1, -0.05) is 39.0 Å². The number of hydrogen-bond acceptors (Lipinski definition) is 1. The van der Waals surface area contributed by atoms with Crippen molar-refractivity contribution >= 4 is 0 Å². The summed E-state index contributed by atoms with van der Waals surface area (Å²) >= 11 is 0. The molecule has 0 N–H and O–H groups in total. The normalized spacial score (nSPS) is 11.5. The van der Waals surface area contributed by atoms with Gasteiger partial charge in [-0.25, -0.2) is 0 Å². The molecule has 14 heavy (non-hydrogen) atoms. The molecule has 0 aliphatic rings. The predicted octanol–water partition coefficient (Wildman–Crippen LogP) is 3.59. The average molecular weight is 192 g/mol. The van der Waals surface area contributed by atoms with E-state index in [9.17, 15) is 0 Å². The summed E-state index contributed by atoms with van der Waals surface area (Å²) in [6.45, 7) is 8.82. The molecule has 0 saturated heterocycles. The zero-order chi connectivity index (χ0) is 10.8. The van der Waals surface area contributed by atoms with Crippen LogP contribution >= 0.6 is 0 Å². The van der Waals surface area contributed by atoms with E-state index in [1.54, 1.807) is 7.11 Å². The Labute approximate surface area is 87.1 Å². The molecule has 0 unspecified atom stereocenters. The van der Waals surface area contributed by atoms with Crippen molar-refractivity contribution in [3.8, 4) is 5.75 Å². The van der Waals surface area contributed by atoms with Crippen molar-refractivity contribution in [1.82, 2.24) is 0 Å². The van der Waals surface area contributed by atoms with Crippen molar-refractivity contribution < 1.29 is 4.74 Å². The summed E-state index contributed by atoms with van der Waals surface area (Å²) in [7, 11) is 1.74. The van der Waals surface area contributed by atoms with E-state index in [-0.39, 0.29) is 0 Å². The monoisotopic (exact) mass is 192 g/mol. The third-order valence-corrected chi connectivity index (χ3v) is 2.22. The van der Waals surface area contributed by atoms with Crippen LogP contribution in [0.5, 0.6) is 5.75 Å². The molecular formula is C13H20O. The summed E-state index contributed by atoms with van der Waals surface area (Å²) in [5, 5.41) is 0. The molecule has 1 nitrogen and oxygen atoms in total. The van der Waals surface area contributed by atoms with E-state index in [2.05, 4.69) is 45.9 Å². The van der Waals surface area contributed by atoms with Crippen molar-refractivity contribution in [1.29, 1.82) is 0 Å². The fraction of sp³-hybridized carbons (Fsp3) is 0.538. The molecular weight excluding hydrogens is 172 g/mol. The molecule has 0 aromatic heterocycles. The fourth-order valence-electron chi connectivity index (χ4n) is 1.72. The molecule has 0 heterocycles. The summed E-state index contributed by atoms with van der Waals surface area (Å²) in [6.07, 6.45) is 1.05. The van der Waals surface area contributed by atoms with Gasteiger partial charge in [0.15, 0.2) is 0 Å². The summed E-state index contributed by atoms with van der Waals surface area (Å²) < 4.78 is 5.42. The highest BCUT2D eigenvalue weighted by Crippen LogP contribution is 2.29. The van der Waals surface area contributed by atoms with E-state index >= 15 is 0 Å². The third-order valence-electron chi connectivity index (χ3n) is 2.22. The number of aryl methyl sites for hydroxylation is 1. The molecule has 0 saturated carbocycles. The molecule has 0 bridgehead atoms. The number of benzene rings is 1. The Morgan fingerprint density at radius 2 is 1.86 bits per heavy atom. The lowest BCUT2D eigenvalue weighted by atomic mass is 9.87. The van der Waals surface area contributed by atoms with Crippen LogP contribution in [0, 0.1) is 12.3 Å². The quantitative estimate of drug-likeness (QED) is 0.695. The first-order valence-electron chi connectivity index (χ1n) is 5.06. The maximum atomic E-state index is 5.42. The molecule has 0 amide bonds. The van der Waals surface area contributed by atoms with Gasteiger partial charge in [-0.2, -0.15) is 0 Å². The van der Waals surface area contributed by atoms with Gasteiger partial charge in [0.2, 0.25) is 0 Å². The van der Waals surface area contributed by atoms with Crippen LogP contribution in [-0.2, 0) is 6.42 Å². The lowest BCUT2D eigenvalue weighted by Crippen LogP contribution is -2.10. The SMILES string of the molecule is COc1c(C)cccc1CC(C)(C)C. The van der Waals surface area contributed by atoms with Crippen LogP contribution in [-0.4, -0.2) is 7.11 Å². The molecule has 0 aliphatic carbocycles. The Morgan fingerprint density at radius 3 is 2.36 bits per heavy atom. The Balaban J connectivity index is 3.02. The highest BCUT2D eigenvalue weighted by atomic mass is 16.5. The molecule has 1 rings (SSSR count). The van der Waals surface area contributed by atoms with Crippen molar-refractivity contribution in [2.75, 3.05) is 7.11 Å². The topological polar surface area (TPSA) is 9.23 Å². The number of rotatable bonds is 2. The smallest absolute Gasteiger partial charge is 0.124 e. The highest BCUT2D eigenvalue weighted by Gasteiger charge is 2.15. The van der Waals surface area contributed by atoms with Crippen molar-refractivity contribution in [3.05, 3.63) is 29.3 Å². The summed E-state index contributed by atoms with van der Waals surface area (Å²) in [6, 6.07) is 6.33. The van der Waals surface area contributed by atoms with Gasteiger partial charge in [0.25, 0.3) is 0 Å². The first-order valence-corrected chi connectivity index (χ1v) is 5.06. The number of para-hydroxylation sites is 1. The zero-order valence-corrected chi connectivity index (χ0v) is 9.85. The van der Waals surface area contributed by atoms with Crippen molar-refractivity contribution in [2.45, 2.75) is 34.1 Å². The van der Waals surface area contributed by atoms with Gasteiger partial charge in [0.1, 0.15) is 5.75 Å². The molecule has 0 atom stereocenters. The van der Waals surface area contributed by atoms with E-state index in [1.165, 1.54) is 11.1 Å². The van der Waals surface area contributed by atoms with Crippen LogP contribution in [0.1, 0.15) is 31.9 Å². The second-order valence-electron chi connectivity index (χ2n) is 5.00. The zero-order valence-electron chi connectivity index (χ0n) is 9.85. The van der Waals surface area contributed by atoms with Crippen molar-refractivity contribution in [2.24, 2.45) is 5.41 Å². The van der Waals surface area contributed by atoms with E-state index in [0.717, 1.165) is 12.2 Å². The second-order valence-corrected chi connectivity index (χ2v) is 5.00. The second kappa shape index (κ2) is 4.04. The third kappa shape index (κ3) is 2.76. The minimum Gasteiger partial charge on any atom is -0.496 e. The Kier molecular flexibility index (Phi) is 3.20. The fourth-order valence-corrected chi connectivity index (χ4v) is 1.72. The first-order chi connectivity index (χ1) is 6.44. The van der Waals surface area contributed by atoms with Crippen molar-refractivity contribution in [3.63, 3.8) is 0 Å². The molecule has 1 aromatic carbocycles. The highest BCUT2D eigenvalue weighted by molar-refractivity contribution is 5.41. The van der Waals surface area contributed by atoms with E-state index < -0.39 is 0 Å². The van der Waals surface area contributed by atoms with Gasteiger partial charge < -0.3 is 4.74 Å². The summed E-state index contributed by atoms with van der Waals surface area (Å²) in [5.74, 6) is 1.04. The first kappa shape index (κ1) is 11.1. The molecule has 0 aliphatic heterocycles. The Bertz CT molecular complexity index is 308. The van der Waals surface area contributed by atoms with Gasteiger partial charge in [0.05, 0.1) is 7.11 Å². The lowest BCUT2D eigenvalue weighted by molar-refractivity contribution is 0.377. The van der Waals surface area contributed by atoms with Gasteiger partial charge in [-0.15, -0.1) is 0 Å². The summed E-state index contributed by atoms with van der Waals surface area (Å²) in [4.78, 5) is 0. The molecule has 0 fully saturated rings. The van der Waals surface area contributed by atoms with E-state index in [0.29, 0.717) is 5.41 Å². The van der Waals surface area contributed by atoms with Crippen LogP contribution < -0.4 is 4.74 Å². The van der Waals surface area contributed by atoms with Gasteiger partial charge >= 0.3 is 0 Å². The Morgan fingerprint density at radius 1 is 1.21 bits per heavy atom. The van der Waals surface area contributed by atoms with Crippen LogP contribution in [0.2, 0.25) is 0 Å². The van der Waals surface area contributed by atoms with Crippen LogP contribution in [0.25, 0.3) is 0 Å². The van der Waals surface area contributed by atoms with Crippen LogP contribution in [0.15, 0.2) is 18.2 Å². The van der Waals surface area contributed by atoms with Gasteiger partial charge in [-0.05, 0) is 29.9 Å². The largest absolute Gasteiger partial charge is 0.496 e. The number of hydrogen-bond donors (Lipinski definition) is 0. The number of ether oxygens (including phenoxy) is 1. The number of methoxy groups -OCH3 is 1. The molecule has 1 aromatic rings. The maximum Gasteiger partial charge on any atom is 0.124 e. The standard InChI is InChI=1S/C13H20O/c1-10-7-6-8-11(12(10)14-5)9-13(2,3)4/h6-8H,9H2,1-5H3. The van der Waals surface area contributed by atoms with E-state index in [1.807, 2.05) is 0 Å². The Hall–Kier alpha value is -0.980.